The molecule has 0 fully saturated rings. The number of nitriles is 1. The van der Waals surface area contributed by atoms with E-state index in [1.54, 1.807) is 22.7 Å². The smallest absolute Gasteiger partial charge is 0.235 e. The summed E-state index contributed by atoms with van der Waals surface area (Å²) in [5.74, 6) is 1.61. The van der Waals surface area contributed by atoms with Crippen LogP contribution < -0.4 is 5.32 Å². The molecule has 1 amide bonds. The Morgan fingerprint density at radius 1 is 1.45 bits per heavy atom. The average Bonchev–Trinajstić information content (AvgIpc) is 3.48. The van der Waals surface area contributed by atoms with Gasteiger partial charge in [0.05, 0.1) is 16.2 Å². The van der Waals surface area contributed by atoms with Crippen LogP contribution in [-0.4, -0.2) is 26.4 Å². The van der Waals surface area contributed by atoms with Crippen LogP contribution in [0.4, 0.5) is 5.00 Å². The maximum atomic E-state index is 12.7. The zero-order valence-electron chi connectivity index (χ0n) is 17.8. The molecule has 3 heterocycles. The number of fused-ring (bicyclic) bond motifs is 1. The van der Waals surface area contributed by atoms with Gasteiger partial charge in [-0.25, -0.2) is 0 Å². The molecule has 0 radical (unpaired) electrons. The van der Waals surface area contributed by atoms with Crippen molar-refractivity contribution in [3.63, 3.8) is 0 Å². The summed E-state index contributed by atoms with van der Waals surface area (Å²) in [6.07, 6.45) is 4.22. The number of anilines is 1. The largest absolute Gasteiger partial charge is 0.316 e. The third-order valence-corrected chi connectivity index (χ3v) is 8.54. The van der Waals surface area contributed by atoms with Gasteiger partial charge >= 0.3 is 0 Å². The molecule has 0 spiro atoms. The summed E-state index contributed by atoms with van der Waals surface area (Å²) in [5, 5.41) is 24.8. The lowest BCUT2D eigenvalue weighted by Gasteiger charge is -2.20. The van der Waals surface area contributed by atoms with E-state index in [0.717, 1.165) is 47.1 Å². The Morgan fingerprint density at radius 3 is 2.97 bits per heavy atom. The molecule has 31 heavy (non-hydrogen) atoms. The Morgan fingerprint density at radius 2 is 2.29 bits per heavy atom. The number of carbonyl (C=O) groups is 1. The topological polar surface area (TPSA) is 83.6 Å². The van der Waals surface area contributed by atoms with Crippen LogP contribution in [0.2, 0.25) is 0 Å². The van der Waals surface area contributed by atoms with E-state index in [0.29, 0.717) is 16.5 Å². The molecule has 162 valence electrons. The Kier molecular flexibility index (Phi) is 6.80. The zero-order chi connectivity index (χ0) is 22.0. The minimum Gasteiger partial charge on any atom is -0.316 e. The first-order valence-corrected chi connectivity index (χ1v) is 13.2. The van der Waals surface area contributed by atoms with E-state index in [2.05, 4.69) is 46.9 Å². The van der Waals surface area contributed by atoms with Crippen LogP contribution in [0.15, 0.2) is 22.7 Å². The minimum absolute atomic E-state index is 0.122. The first-order chi connectivity index (χ1) is 15.0. The van der Waals surface area contributed by atoms with Crippen molar-refractivity contribution in [2.24, 2.45) is 5.92 Å². The number of hydrogen-bond donors (Lipinski definition) is 1. The van der Waals surface area contributed by atoms with E-state index in [1.165, 1.54) is 16.6 Å². The molecule has 0 saturated heterocycles. The van der Waals surface area contributed by atoms with E-state index in [-0.39, 0.29) is 17.7 Å². The van der Waals surface area contributed by atoms with Crippen molar-refractivity contribution in [3.8, 4) is 16.8 Å². The van der Waals surface area contributed by atoms with Crippen molar-refractivity contribution in [1.82, 2.24) is 14.8 Å². The van der Waals surface area contributed by atoms with Gasteiger partial charge in [-0.05, 0) is 56.0 Å². The van der Waals surface area contributed by atoms with Gasteiger partial charge in [-0.2, -0.15) is 5.26 Å². The number of hydrogen-bond acceptors (Lipinski definition) is 7. The molecule has 4 rings (SSSR count). The van der Waals surface area contributed by atoms with Crippen LogP contribution in [0, 0.1) is 17.2 Å². The Bertz CT molecular complexity index is 1110. The Balaban J connectivity index is 1.46. The predicted molar refractivity (Wildman–Crippen MR) is 128 cm³/mol. The van der Waals surface area contributed by atoms with Crippen LogP contribution in [0.1, 0.15) is 55.7 Å². The van der Waals surface area contributed by atoms with Crippen molar-refractivity contribution in [2.45, 2.75) is 57.7 Å². The molecule has 0 saturated carbocycles. The van der Waals surface area contributed by atoms with Gasteiger partial charge in [0.1, 0.15) is 11.1 Å². The summed E-state index contributed by atoms with van der Waals surface area (Å²) in [4.78, 5) is 15.0. The van der Waals surface area contributed by atoms with Crippen LogP contribution in [0.25, 0.3) is 10.7 Å². The molecule has 6 nitrogen and oxygen atoms in total. The van der Waals surface area contributed by atoms with E-state index >= 15 is 0 Å². The van der Waals surface area contributed by atoms with Crippen LogP contribution in [0.3, 0.4) is 0 Å². The van der Waals surface area contributed by atoms with Gasteiger partial charge in [0.2, 0.25) is 5.91 Å². The minimum atomic E-state index is -0.122. The molecule has 0 aliphatic heterocycles. The third-order valence-electron chi connectivity index (χ3n) is 5.56. The molecular weight excluding hydrogens is 446 g/mol. The van der Waals surface area contributed by atoms with Crippen LogP contribution >= 0.6 is 34.4 Å². The van der Waals surface area contributed by atoms with Crippen molar-refractivity contribution in [2.75, 3.05) is 11.1 Å². The van der Waals surface area contributed by atoms with E-state index in [1.807, 2.05) is 17.5 Å². The van der Waals surface area contributed by atoms with Gasteiger partial charge in [-0.3, -0.25) is 9.36 Å². The normalized spacial score (nSPS) is 15.6. The number of amides is 1. The second kappa shape index (κ2) is 9.55. The molecule has 1 N–H and O–H groups in total. The third kappa shape index (κ3) is 4.56. The molecule has 1 atom stereocenters. The highest BCUT2D eigenvalue weighted by atomic mass is 32.2. The second-order valence-corrected chi connectivity index (χ2v) is 10.9. The second-order valence-electron chi connectivity index (χ2n) is 7.92. The van der Waals surface area contributed by atoms with Crippen molar-refractivity contribution in [1.29, 1.82) is 5.26 Å². The van der Waals surface area contributed by atoms with E-state index in [9.17, 15) is 10.1 Å². The highest BCUT2D eigenvalue weighted by Crippen LogP contribution is 2.40. The maximum absolute atomic E-state index is 12.7. The lowest BCUT2D eigenvalue weighted by Crippen LogP contribution is -2.15. The molecule has 1 aliphatic carbocycles. The van der Waals surface area contributed by atoms with Crippen LogP contribution in [0.5, 0.6) is 0 Å². The number of thiophene rings is 2. The van der Waals surface area contributed by atoms with Gasteiger partial charge in [0.15, 0.2) is 11.0 Å². The highest BCUT2D eigenvalue weighted by Gasteiger charge is 2.26. The highest BCUT2D eigenvalue weighted by molar-refractivity contribution is 7.99. The van der Waals surface area contributed by atoms with E-state index in [4.69, 9.17) is 0 Å². The zero-order valence-corrected chi connectivity index (χ0v) is 20.3. The van der Waals surface area contributed by atoms with E-state index < -0.39 is 0 Å². The number of thioether (sulfide) groups is 1. The predicted octanol–water partition coefficient (Wildman–Crippen LogP) is 5.77. The lowest BCUT2D eigenvalue weighted by molar-refractivity contribution is -0.113. The number of nitrogens with one attached hydrogen (secondary N) is 1. The molecule has 1 unspecified atom stereocenters. The molecule has 9 heteroatoms. The summed E-state index contributed by atoms with van der Waals surface area (Å²) in [7, 11) is 0. The fourth-order valence-corrected chi connectivity index (χ4v) is 6.82. The summed E-state index contributed by atoms with van der Waals surface area (Å²) >= 11 is 4.57. The standard InChI is InChI=1S/C22H25N5OS3/c1-4-14-7-8-15-16(11-23)21(31-18(15)10-14)24-19(28)12-30-22-26-25-20(27(22)13(2)3)17-6-5-9-29-17/h5-6,9,13-14H,4,7-8,10,12H2,1-3H3,(H,24,28). The van der Waals surface area contributed by atoms with Gasteiger partial charge < -0.3 is 5.32 Å². The van der Waals surface area contributed by atoms with Gasteiger partial charge in [-0.15, -0.1) is 32.9 Å². The lowest BCUT2D eigenvalue weighted by atomic mass is 9.86. The van der Waals surface area contributed by atoms with Crippen molar-refractivity contribution in [3.05, 3.63) is 33.5 Å². The fraction of sp³-hybridized carbons (Fsp3) is 0.455. The van der Waals surface area contributed by atoms with Gasteiger partial charge in [0, 0.05) is 10.9 Å². The summed E-state index contributed by atoms with van der Waals surface area (Å²) < 4.78 is 2.07. The number of carbonyl (C=O) groups excluding carboxylic acids is 1. The maximum Gasteiger partial charge on any atom is 0.235 e. The molecular formula is C22H25N5OS3. The molecule has 3 aromatic heterocycles. The monoisotopic (exact) mass is 471 g/mol. The fourth-order valence-electron chi connectivity index (χ4n) is 3.92. The average molecular weight is 472 g/mol. The van der Waals surface area contributed by atoms with Gasteiger partial charge in [-0.1, -0.05) is 31.2 Å². The first-order valence-electron chi connectivity index (χ1n) is 10.5. The Hall–Kier alpha value is -2.15. The molecule has 1 aliphatic rings. The summed E-state index contributed by atoms with van der Waals surface area (Å²) in [6, 6.07) is 6.52. The van der Waals surface area contributed by atoms with Crippen LogP contribution in [-0.2, 0) is 17.6 Å². The Labute approximate surface area is 194 Å². The molecule has 0 aromatic carbocycles. The molecule has 3 aromatic rings. The number of rotatable bonds is 7. The van der Waals surface area contributed by atoms with Crippen molar-refractivity contribution >= 4 is 45.3 Å². The summed E-state index contributed by atoms with van der Waals surface area (Å²) in [6.45, 7) is 6.39. The summed E-state index contributed by atoms with van der Waals surface area (Å²) in [5.41, 5.74) is 1.79. The first kappa shape index (κ1) is 22.1. The quantitative estimate of drug-likeness (QED) is 0.443. The van der Waals surface area contributed by atoms with Gasteiger partial charge in [0.25, 0.3) is 0 Å². The SMILES string of the molecule is CCC1CCc2c(sc(NC(=O)CSc3nnc(-c4cccs4)n3C(C)C)c2C#N)C1. The molecule has 0 bridgehead atoms. The number of aromatic nitrogens is 3. The van der Waals surface area contributed by atoms with Crippen molar-refractivity contribution < 1.29 is 4.79 Å². The number of nitrogens with zero attached hydrogens (tertiary/aromatic N) is 4.